The summed E-state index contributed by atoms with van der Waals surface area (Å²) in [4.78, 5) is 11.8. The molecule has 0 radical (unpaired) electrons. The predicted octanol–water partition coefficient (Wildman–Crippen LogP) is 1.67. The third kappa shape index (κ3) is 5.36. The first kappa shape index (κ1) is 18.5. The highest BCUT2D eigenvalue weighted by Crippen LogP contribution is 2.30. The molecule has 1 rings (SSSR count). The molecule has 0 saturated heterocycles. The van der Waals surface area contributed by atoms with E-state index in [1.54, 1.807) is 12.1 Å². The van der Waals surface area contributed by atoms with Crippen LogP contribution in [0.1, 0.15) is 5.56 Å². The van der Waals surface area contributed by atoms with Crippen molar-refractivity contribution in [2.75, 3.05) is 38.8 Å². The molecule has 0 spiro atoms. The van der Waals surface area contributed by atoms with Crippen LogP contribution in [0.3, 0.4) is 0 Å². The Labute approximate surface area is 135 Å². The average Bonchev–Trinajstić information content (AvgIpc) is 2.41. The van der Waals surface area contributed by atoms with E-state index in [0.717, 1.165) is 16.1 Å². The average molecular weight is 350 g/mol. The number of methoxy groups -OCH3 is 1. The van der Waals surface area contributed by atoms with Crippen molar-refractivity contribution in [2.45, 2.75) is 6.92 Å². The first-order valence-corrected chi connectivity index (χ1v) is 8.68. The Kier molecular flexibility index (Phi) is 6.46. The number of sulfonamides is 1. The standard InChI is InChI=1S/C13H20ClN3O4S/c1-9-7-11(12(21-3)8-10(9)14)16-13(18)15-5-6-17(2)22(4,19)20/h7-8H,5-6H2,1-4H3,(H2,15,16,18). The van der Waals surface area contributed by atoms with E-state index in [0.29, 0.717) is 16.5 Å². The maximum atomic E-state index is 11.8. The molecule has 0 aliphatic heterocycles. The highest BCUT2D eigenvalue weighted by molar-refractivity contribution is 7.88. The van der Waals surface area contributed by atoms with Crippen LogP contribution in [0.4, 0.5) is 10.5 Å². The third-order valence-electron chi connectivity index (χ3n) is 3.01. The van der Waals surface area contributed by atoms with Gasteiger partial charge in [0.2, 0.25) is 10.0 Å². The molecule has 0 bridgehead atoms. The molecule has 9 heteroatoms. The molecule has 0 aromatic heterocycles. The van der Waals surface area contributed by atoms with Crippen LogP contribution in [0.5, 0.6) is 5.75 Å². The molecule has 7 nitrogen and oxygen atoms in total. The van der Waals surface area contributed by atoms with Crippen LogP contribution >= 0.6 is 11.6 Å². The largest absolute Gasteiger partial charge is 0.495 e. The maximum Gasteiger partial charge on any atom is 0.319 e. The minimum atomic E-state index is -3.25. The molecule has 2 amide bonds. The number of hydrogen-bond acceptors (Lipinski definition) is 4. The van der Waals surface area contributed by atoms with Crippen molar-refractivity contribution in [3.63, 3.8) is 0 Å². The van der Waals surface area contributed by atoms with Gasteiger partial charge in [-0.2, -0.15) is 0 Å². The number of nitrogens with one attached hydrogen (secondary N) is 2. The Balaban J connectivity index is 2.61. The van der Waals surface area contributed by atoms with Gasteiger partial charge in [0.15, 0.2) is 0 Å². The molecule has 0 fully saturated rings. The van der Waals surface area contributed by atoms with Gasteiger partial charge in [0, 0.05) is 31.2 Å². The number of carbonyl (C=O) groups is 1. The molecule has 124 valence electrons. The van der Waals surface area contributed by atoms with Gasteiger partial charge >= 0.3 is 6.03 Å². The lowest BCUT2D eigenvalue weighted by atomic mass is 10.2. The summed E-state index contributed by atoms with van der Waals surface area (Å²) in [7, 11) is -0.331. The van der Waals surface area contributed by atoms with Gasteiger partial charge in [-0.25, -0.2) is 17.5 Å². The summed E-state index contributed by atoms with van der Waals surface area (Å²) < 4.78 is 28.7. The lowest BCUT2D eigenvalue weighted by molar-refractivity contribution is 0.251. The van der Waals surface area contributed by atoms with Crippen LogP contribution in [0.2, 0.25) is 5.02 Å². The van der Waals surface area contributed by atoms with Crippen molar-refractivity contribution in [1.82, 2.24) is 9.62 Å². The number of nitrogens with zero attached hydrogens (tertiary/aromatic N) is 1. The predicted molar refractivity (Wildman–Crippen MR) is 87.2 cm³/mol. The molecular weight excluding hydrogens is 330 g/mol. The molecule has 2 N–H and O–H groups in total. The van der Waals surface area contributed by atoms with E-state index in [9.17, 15) is 13.2 Å². The van der Waals surface area contributed by atoms with Crippen molar-refractivity contribution in [2.24, 2.45) is 0 Å². The summed E-state index contributed by atoms with van der Waals surface area (Å²) in [5.74, 6) is 0.444. The van der Waals surface area contributed by atoms with Gasteiger partial charge < -0.3 is 15.4 Å². The normalized spacial score (nSPS) is 11.4. The highest BCUT2D eigenvalue weighted by atomic mass is 35.5. The van der Waals surface area contributed by atoms with E-state index in [1.807, 2.05) is 6.92 Å². The summed E-state index contributed by atoms with van der Waals surface area (Å²) in [6.07, 6.45) is 1.11. The van der Waals surface area contributed by atoms with Crippen molar-refractivity contribution < 1.29 is 17.9 Å². The maximum absolute atomic E-state index is 11.8. The number of rotatable bonds is 6. The smallest absolute Gasteiger partial charge is 0.319 e. The van der Waals surface area contributed by atoms with Gasteiger partial charge in [-0.05, 0) is 18.6 Å². The summed E-state index contributed by atoms with van der Waals surface area (Å²) >= 11 is 5.99. The Bertz CT molecular complexity index is 649. The van der Waals surface area contributed by atoms with Gasteiger partial charge in [0.1, 0.15) is 5.75 Å². The second kappa shape index (κ2) is 7.66. The van der Waals surface area contributed by atoms with Gasteiger partial charge in [-0.15, -0.1) is 0 Å². The minimum absolute atomic E-state index is 0.184. The quantitative estimate of drug-likeness (QED) is 0.817. The number of hydrogen-bond donors (Lipinski definition) is 2. The number of benzene rings is 1. The molecule has 1 aromatic rings. The highest BCUT2D eigenvalue weighted by Gasteiger charge is 2.12. The summed E-state index contributed by atoms with van der Waals surface area (Å²) in [5.41, 5.74) is 1.29. The van der Waals surface area contributed by atoms with Gasteiger partial charge in [-0.3, -0.25) is 0 Å². The Morgan fingerprint density at radius 2 is 2.05 bits per heavy atom. The Morgan fingerprint density at radius 1 is 1.41 bits per heavy atom. The molecule has 0 aliphatic carbocycles. The number of ether oxygens (including phenoxy) is 1. The van der Waals surface area contributed by atoms with Gasteiger partial charge in [-0.1, -0.05) is 11.6 Å². The first-order valence-electron chi connectivity index (χ1n) is 6.45. The zero-order valence-electron chi connectivity index (χ0n) is 12.9. The number of aryl methyl sites for hydroxylation is 1. The lowest BCUT2D eigenvalue weighted by Crippen LogP contribution is -2.37. The molecule has 1 aromatic carbocycles. The fourth-order valence-corrected chi connectivity index (χ4v) is 2.17. The van der Waals surface area contributed by atoms with E-state index >= 15 is 0 Å². The van der Waals surface area contributed by atoms with Crippen LogP contribution < -0.4 is 15.4 Å². The fraction of sp³-hybridized carbons (Fsp3) is 0.462. The molecule has 0 unspecified atom stereocenters. The van der Waals surface area contributed by atoms with Crippen LogP contribution in [-0.2, 0) is 10.0 Å². The first-order chi connectivity index (χ1) is 10.1. The summed E-state index contributed by atoms with van der Waals surface area (Å²) in [6, 6.07) is 2.86. The van der Waals surface area contributed by atoms with Crippen molar-refractivity contribution in [3.8, 4) is 5.75 Å². The number of anilines is 1. The minimum Gasteiger partial charge on any atom is -0.495 e. The molecule has 0 atom stereocenters. The van der Waals surface area contributed by atoms with Crippen LogP contribution in [0, 0.1) is 6.92 Å². The van der Waals surface area contributed by atoms with E-state index < -0.39 is 16.1 Å². The summed E-state index contributed by atoms with van der Waals surface area (Å²) in [6.45, 7) is 2.18. The number of likely N-dealkylation sites (N-methyl/N-ethyl adjacent to an activating group) is 1. The fourth-order valence-electron chi connectivity index (χ4n) is 1.59. The zero-order chi connectivity index (χ0) is 16.9. The van der Waals surface area contributed by atoms with Crippen LogP contribution in [-0.4, -0.2) is 52.3 Å². The Morgan fingerprint density at radius 3 is 2.59 bits per heavy atom. The molecule has 0 aliphatic rings. The van der Waals surface area contributed by atoms with Crippen LogP contribution in [0.25, 0.3) is 0 Å². The monoisotopic (exact) mass is 349 g/mol. The molecule has 0 heterocycles. The van der Waals surface area contributed by atoms with E-state index in [-0.39, 0.29) is 13.1 Å². The Hall–Kier alpha value is -1.51. The van der Waals surface area contributed by atoms with E-state index in [2.05, 4.69) is 10.6 Å². The van der Waals surface area contributed by atoms with Crippen molar-refractivity contribution >= 4 is 33.3 Å². The molecular formula is C13H20ClN3O4S. The second-order valence-corrected chi connectivity index (χ2v) is 7.26. The topological polar surface area (TPSA) is 87.7 Å². The second-order valence-electron chi connectivity index (χ2n) is 4.77. The van der Waals surface area contributed by atoms with E-state index in [4.69, 9.17) is 16.3 Å². The number of urea groups is 1. The number of amides is 2. The van der Waals surface area contributed by atoms with Gasteiger partial charge in [0.05, 0.1) is 19.1 Å². The van der Waals surface area contributed by atoms with Crippen molar-refractivity contribution in [3.05, 3.63) is 22.7 Å². The SMILES string of the molecule is COc1cc(Cl)c(C)cc1NC(=O)NCCN(C)S(C)(=O)=O. The van der Waals surface area contributed by atoms with Crippen molar-refractivity contribution in [1.29, 1.82) is 0 Å². The molecule has 0 saturated carbocycles. The zero-order valence-corrected chi connectivity index (χ0v) is 14.5. The van der Waals surface area contributed by atoms with Gasteiger partial charge in [0.25, 0.3) is 0 Å². The third-order valence-corrected chi connectivity index (χ3v) is 4.73. The summed E-state index contributed by atoms with van der Waals surface area (Å²) in [5, 5.41) is 5.75. The number of carbonyl (C=O) groups excluding carboxylic acids is 1. The lowest BCUT2D eigenvalue weighted by Gasteiger charge is -2.15. The van der Waals surface area contributed by atoms with Crippen LogP contribution in [0.15, 0.2) is 12.1 Å². The molecule has 22 heavy (non-hydrogen) atoms. The van der Waals surface area contributed by atoms with E-state index in [1.165, 1.54) is 14.2 Å². The number of halogens is 1.